The molecule has 3 aromatic rings. The van der Waals surface area contributed by atoms with Crippen molar-refractivity contribution in [2.45, 2.75) is 12.0 Å². The number of hydrogen-bond acceptors (Lipinski definition) is 6. The SMILES string of the molecule is CN1CCC(O)(C#Cc2cccc(-c3cnc4ncnc(N)c4c3)c2)C1=O. The summed E-state index contributed by atoms with van der Waals surface area (Å²) < 4.78 is 0. The van der Waals surface area contributed by atoms with Gasteiger partial charge in [0.25, 0.3) is 5.91 Å². The summed E-state index contributed by atoms with van der Waals surface area (Å²) in [6, 6.07) is 9.38. The van der Waals surface area contributed by atoms with Crippen LogP contribution in [0.3, 0.4) is 0 Å². The van der Waals surface area contributed by atoms with Gasteiger partial charge in [-0.05, 0) is 23.8 Å². The average molecular weight is 359 g/mol. The lowest BCUT2D eigenvalue weighted by atomic mass is 10.0. The Balaban J connectivity index is 1.69. The topological polar surface area (TPSA) is 105 Å². The molecule has 7 heteroatoms. The monoisotopic (exact) mass is 359 g/mol. The van der Waals surface area contributed by atoms with E-state index in [2.05, 4.69) is 26.8 Å². The molecule has 0 aliphatic carbocycles. The van der Waals surface area contributed by atoms with Gasteiger partial charge in [0.05, 0.1) is 5.39 Å². The summed E-state index contributed by atoms with van der Waals surface area (Å²) in [6.07, 6.45) is 3.40. The maximum absolute atomic E-state index is 12.0. The van der Waals surface area contributed by atoms with Crippen molar-refractivity contribution >= 4 is 22.8 Å². The molecular weight excluding hydrogens is 342 g/mol. The molecular formula is C20H17N5O2. The zero-order valence-electron chi connectivity index (χ0n) is 14.7. The van der Waals surface area contributed by atoms with E-state index in [-0.39, 0.29) is 5.91 Å². The number of nitrogens with zero attached hydrogens (tertiary/aromatic N) is 4. The summed E-state index contributed by atoms with van der Waals surface area (Å²) in [5, 5.41) is 11.1. The van der Waals surface area contributed by atoms with Crippen molar-refractivity contribution in [1.82, 2.24) is 19.9 Å². The third-order valence-corrected chi connectivity index (χ3v) is 4.64. The highest BCUT2D eigenvalue weighted by Crippen LogP contribution is 2.25. The zero-order chi connectivity index (χ0) is 19.0. The van der Waals surface area contributed by atoms with Crippen molar-refractivity contribution in [2.24, 2.45) is 0 Å². The number of benzene rings is 1. The Bertz CT molecular complexity index is 1120. The molecule has 0 spiro atoms. The molecule has 1 saturated heterocycles. The number of likely N-dealkylation sites (N-methyl/N-ethyl adjacent to an activating group) is 1. The van der Waals surface area contributed by atoms with Crippen LogP contribution in [0.5, 0.6) is 0 Å². The number of amides is 1. The number of nitrogen functional groups attached to an aromatic ring is 1. The molecule has 1 unspecified atom stereocenters. The third kappa shape index (κ3) is 3.07. The first-order chi connectivity index (χ1) is 13.0. The lowest BCUT2D eigenvalue weighted by Gasteiger charge is -2.13. The molecule has 1 atom stereocenters. The number of anilines is 1. The summed E-state index contributed by atoms with van der Waals surface area (Å²) in [5.74, 6) is 5.66. The Morgan fingerprint density at radius 1 is 1.22 bits per heavy atom. The van der Waals surface area contributed by atoms with E-state index >= 15 is 0 Å². The summed E-state index contributed by atoms with van der Waals surface area (Å²) >= 11 is 0. The van der Waals surface area contributed by atoms with Crippen LogP contribution in [-0.4, -0.2) is 50.1 Å². The average Bonchev–Trinajstić information content (AvgIpc) is 2.95. The molecule has 0 saturated carbocycles. The van der Waals surface area contributed by atoms with Gasteiger partial charge in [-0.15, -0.1) is 0 Å². The minimum atomic E-state index is -1.61. The van der Waals surface area contributed by atoms with Crippen LogP contribution in [0.15, 0.2) is 42.9 Å². The van der Waals surface area contributed by atoms with Gasteiger partial charge in [0, 0.05) is 37.3 Å². The number of carbonyl (C=O) groups excluding carboxylic acids is 1. The first-order valence-corrected chi connectivity index (χ1v) is 8.44. The molecule has 134 valence electrons. The van der Waals surface area contributed by atoms with Crippen LogP contribution < -0.4 is 5.73 Å². The van der Waals surface area contributed by atoms with Crippen molar-refractivity contribution in [3.8, 4) is 23.0 Å². The predicted octanol–water partition coefficient (Wildman–Crippen LogP) is 1.22. The fraction of sp³-hybridized carbons (Fsp3) is 0.200. The van der Waals surface area contributed by atoms with Crippen molar-refractivity contribution in [2.75, 3.05) is 19.3 Å². The Morgan fingerprint density at radius 2 is 2.07 bits per heavy atom. The fourth-order valence-electron chi connectivity index (χ4n) is 3.04. The molecule has 7 nitrogen and oxygen atoms in total. The maximum Gasteiger partial charge on any atom is 0.267 e. The van der Waals surface area contributed by atoms with E-state index < -0.39 is 5.60 Å². The minimum Gasteiger partial charge on any atom is -0.383 e. The van der Waals surface area contributed by atoms with Gasteiger partial charge in [-0.25, -0.2) is 15.0 Å². The quantitative estimate of drug-likeness (QED) is 0.633. The maximum atomic E-state index is 12.0. The highest BCUT2D eigenvalue weighted by molar-refractivity contribution is 5.91. The number of hydrogen-bond donors (Lipinski definition) is 2. The number of carbonyl (C=O) groups is 1. The largest absolute Gasteiger partial charge is 0.383 e. The molecule has 3 heterocycles. The van der Waals surface area contributed by atoms with Crippen molar-refractivity contribution in [1.29, 1.82) is 0 Å². The van der Waals surface area contributed by atoms with E-state index in [1.165, 1.54) is 11.2 Å². The molecule has 27 heavy (non-hydrogen) atoms. The van der Waals surface area contributed by atoms with Gasteiger partial charge in [-0.1, -0.05) is 24.0 Å². The van der Waals surface area contributed by atoms with Crippen LogP contribution in [0.25, 0.3) is 22.2 Å². The van der Waals surface area contributed by atoms with E-state index in [0.29, 0.717) is 35.4 Å². The Kier molecular flexibility index (Phi) is 3.98. The van der Waals surface area contributed by atoms with Gasteiger partial charge in [-0.2, -0.15) is 0 Å². The molecule has 1 aromatic carbocycles. The van der Waals surface area contributed by atoms with Gasteiger partial charge < -0.3 is 15.7 Å². The number of nitrogens with two attached hydrogens (primary N) is 1. The van der Waals surface area contributed by atoms with Crippen molar-refractivity contribution in [3.63, 3.8) is 0 Å². The van der Waals surface area contributed by atoms with Gasteiger partial charge in [0.15, 0.2) is 5.65 Å². The summed E-state index contributed by atoms with van der Waals surface area (Å²) in [6.45, 7) is 0.496. The summed E-state index contributed by atoms with van der Waals surface area (Å²) in [5.41, 5.74) is 7.27. The number of likely N-dealkylation sites (tertiary alicyclic amines) is 1. The van der Waals surface area contributed by atoms with E-state index in [1.807, 2.05) is 30.3 Å². The van der Waals surface area contributed by atoms with Crippen LogP contribution in [0.1, 0.15) is 12.0 Å². The van der Waals surface area contributed by atoms with E-state index in [0.717, 1.165) is 11.1 Å². The molecule has 0 radical (unpaired) electrons. The first kappa shape index (κ1) is 16.9. The van der Waals surface area contributed by atoms with Crippen molar-refractivity contribution in [3.05, 3.63) is 48.4 Å². The molecule has 1 amide bonds. The summed E-state index contributed by atoms with van der Waals surface area (Å²) in [7, 11) is 1.66. The zero-order valence-corrected chi connectivity index (χ0v) is 14.7. The lowest BCUT2D eigenvalue weighted by Crippen LogP contribution is -2.37. The molecule has 0 bridgehead atoms. The van der Waals surface area contributed by atoms with Crippen LogP contribution in [0.2, 0.25) is 0 Å². The van der Waals surface area contributed by atoms with Crippen LogP contribution in [0.4, 0.5) is 5.82 Å². The lowest BCUT2D eigenvalue weighted by molar-refractivity contribution is -0.137. The Hall–Kier alpha value is -3.50. The highest BCUT2D eigenvalue weighted by Gasteiger charge is 2.42. The van der Waals surface area contributed by atoms with Gasteiger partial charge in [0.2, 0.25) is 5.60 Å². The minimum absolute atomic E-state index is 0.308. The number of fused-ring (bicyclic) bond motifs is 1. The molecule has 1 aliphatic heterocycles. The normalized spacial score (nSPS) is 19.2. The molecule has 1 aliphatic rings. The standard InChI is InChI=1S/C20H17N5O2/c1-25-8-7-20(27,19(25)26)6-5-13-3-2-4-14(9-13)15-10-16-17(21)23-12-24-18(16)22-11-15/h2-4,9-12,27H,7-8H2,1H3,(H2,21,22,23,24). The van der Waals surface area contributed by atoms with Gasteiger partial charge in [0.1, 0.15) is 12.1 Å². The molecule has 2 aromatic heterocycles. The van der Waals surface area contributed by atoms with Gasteiger partial charge >= 0.3 is 0 Å². The third-order valence-electron chi connectivity index (χ3n) is 4.64. The van der Waals surface area contributed by atoms with Gasteiger partial charge in [-0.3, -0.25) is 4.79 Å². The van der Waals surface area contributed by atoms with Crippen molar-refractivity contribution < 1.29 is 9.90 Å². The second-order valence-electron chi connectivity index (χ2n) is 6.52. The Labute approximate surface area is 155 Å². The highest BCUT2D eigenvalue weighted by atomic mass is 16.3. The smallest absolute Gasteiger partial charge is 0.267 e. The number of rotatable bonds is 1. The van der Waals surface area contributed by atoms with E-state index in [1.54, 1.807) is 13.2 Å². The summed E-state index contributed by atoms with van der Waals surface area (Å²) in [4.78, 5) is 25.9. The fourth-order valence-corrected chi connectivity index (χ4v) is 3.04. The van der Waals surface area contributed by atoms with Crippen LogP contribution >= 0.6 is 0 Å². The van der Waals surface area contributed by atoms with E-state index in [4.69, 9.17) is 5.73 Å². The molecule has 3 N–H and O–H groups in total. The van der Waals surface area contributed by atoms with Crippen LogP contribution in [0, 0.1) is 11.8 Å². The number of pyridine rings is 1. The predicted molar refractivity (Wildman–Crippen MR) is 101 cm³/mol. The molecule has 1 fully saturated rings. The van der Waals surface area contributed by atoms with Crippen LogP contribution in [-0.2, 0) is 4.79 Å². The second-order valence-corrected chi connectivity index (χ2v) is 6.52. The van der Waals surface area contributed by atoms with E-state index in [9.17, 15) is 9.90 Å². The molecule has 4 rings (SSSR count). The number of aliphatic hydroxyl groups is 1. The number of aromatic nitrogens is 3. The first-order valence-electron chi connectivity index (χ1n) is 8.44. The Morgan fingerprint density at radius 3 is 2.85 bits per heavy atom. The second kappa shape index (κ2) is 6.34.